The highest BCUT2D eigenvalue weighted by Gasteiger charge is 2.33. The molecule has 2 atom stereocenters. The fraction of sp³-hybridized carbons (Fsp3) is 0.733. The van der Waals surface area contributed by atoms with Gasteiger partial charge in [-0.05, 0) is 32.6 Å². The summed E-state index contributed by atoms with van der Waals surface area (Å²) in [7, 11) is 0. The number of nitrogens with one attached hydrogen (secondary N) is 1. The van der Waals surface area contributed by atoms with Gasteiger partial charge in [0.1, 0.15) is 6.26 Å². The van der Waals surface area contributed by atoms with Crippen LogP contribution in [0.25, 0.3) is 0 Å². The highest BCUT2D eigenvalue weighted by molar-refractivity contribution is 5.92. The number of hydrogen-bond donors (Lipinski definition) is 1. The third-order valence-corrected chi connectivity index (χ3v) is 4.37. The number of carbonyl (C=O) groups is 1. The highest BCUT2D eigenvalue weighted by Crippen LogP contribution is 2.39. The van der Waals surface area contributed by atoms with Crippen LogP contribution >= 0.6 is 0 Å². The molecule has 0 bridgehead atoms. The Morgan fingerprint density at radius 1 is 1.45 bits per heavy atom. The van der Waals surface area contributed by atoms with Gasteiger partial charge in [-0.25, -0.2) is 4.98 Å². The molecule has 2 heterocycles. The van der Waals surface area contributed by atoms with Crippen molar-refractivity contribution in [2.24, 2.45) is 5.92 Å². The Morgan fingerprint density at radius 2 is 2.20 bits per heavy atom. The first-order chi connectivity index (χ1) is 9.54. The van der Waals surface area contributed by atoms with E-state index in [1.807, 2.05) is 0 Å². The van der Waals surface area contributed by atoms with E-state index in [2.05, 4.69) is 36.0 Å². The van der Waals surface area contributed by atoms with Gasteiger partial charge in [0.25, 0.3) is 5.91 Å². The summed E-state index contributed by atoms with van der Waals surface area (Å²) in [6, 6.07) is 0.721. The van der Waals surface area contributed by atoms with E-state index in [-0.39, 0.29) is 11.9 Å². The summed E-state index contributed by atoms with van der Waals surface area (Å²) >= 11 is 0. The Labute approximate surface area is 119 Å². The number of likely N-dealkylation sites (tertiary alicyclic amines) is 1. The monoisotopic (exact) mass is 277 g/mol. The molecular weight excluding hydrogens is 254 g/mol. The van der Waals surface area contributed by atoms with Gasteiger partial charge in [0.2, 0.25) is 0 Å². The maximum Gasteiger partial charge on any atom is 0.273 e. The normalized spacial score (nSPS) is 27.2. The van der Waals surface area contributed by atoms with E-state index in [1.165, 1.54) is 6.26 Å². The molecule has 1 N–H and O–H groups in total. The molecule has 2 fully saturated rings. The zero-order valence-corrected chi connectivity index (χ0v) is 12.4. The standard InChI is InChI=1S/C15H23N3O2/c1-9(2)18-6-10(3)12(7-18)16-14(19)13-8-20-15(17-13)11-4-5-11/h8-12H,4-7H2,1-3H3,(H,16,19)/t10-,12-/m0/s1. The summed E-state index contributed by atoms with van der Waals surface area (Å²) in [5.74, 6) is 1.52. The lowest BCUT2D eigenvalue weighted by Crippen LogP contribution is -2.40. The summed E-state index contributed by atoms with van der Waals surface area (Å²) in [5.41, 5.74) is 0.419. The average Bonchev–Trinajstić information content (AvgIpc) is 3.01. The quantitative estimate of drug-likeness (QED) is 0.914. The Morgan fingerprint density at radius 3 is 2.80 bits per heavy atom. The lowest BCUT2D eigenvalue weighted by atomic mass is 10.1. The molecule has 1 amide bonds. The van der Waals surface area contributed by atoms with Gasteiger partial charge < -0.3 is 9.73 Å². The molecule has 0 spiro atoms. The molecule has 2 aliphatic rings. The molecule has 0 aromatic carbocycles. The van der Waals surface area contributed by atoms with Crippen LogP contribution < -0.4 is 5.32 Å². The van der Waals surface area contributed by atoms with E-state index < -0.39 is 0 Å². The second-order valence-electron chi connectivity index (χ2n) is 6.45. The van der Waals surface area contributed by atoms with Crippen LogP contribution in [0, 0.1) is 5.92 Å². The summed E-state index contributed by atoms with van der Waals surface area (Å²) in [5, 5.41) is 3.10. The maximum absolute atomic E-state index is 12.2. The van der Waals surface area contributed by atoms with Crippen LogP contribution in [-0.4, -0.2) is 41.0 Å². The largest absolute Gasteiger partial charge is 0.448 e. The molecule has 20 heavy (non-hydrogen) atoms. The molecule has 1 saturated heterocycles. The van der Waals surface area contributed by atoms with E-state index in [1.54, 1.807) is 0 Å². The molecule has 110 valence electrons. The minimum atomic E-state index is -0.108. The van der Waals surface area contributed by atoms with E-state index in [9.17, 15) is 4.79 Å². The third-order valence-electron chi connectivity index (χ3n) is 4.37. The molecule has 5 nitrogen and oxygen atoms in total. The van der Waals surface area contributed by atoms with Crippen molar-refractivity contribution in [2.75, 3.05) is 13.1 Å². The van der Waals surface area contributed by atoms with Gasteiger partial charge in [0.05, 0.1) is 0 Å². The number of hydrogen-bond acceptors (Lipinski definition) is 4. The fourth-order valence-electron chi connectivity index (χ4n) is 2.77. The van der Waals surface area contributed by atoms with Gasteiger partial charge in [-0.15, -0.1) is 0 Å². The molecule has 1 aliphatic carbocycles. The van der Waals surface area contributed by atoms with Gasteiger partial charge in [-0.3, -0.25) is 9.69 Å². The van der Waals surface area contributed by atoms with Crippen molar-refractivity contribution >= 4 is 5.91 Å². The lowest BCUT2D eigenvalue weighted by Gasteiger charge is -2.20. The van der Waals surface area contributed by atoms with Crippen molar-refractivity contribution in [3.05, 3.63) is 17.8 Å². The molecule has 1 aromatic heterocycles. The molecule has 1 aliphatic heterocycles. The molecular formula is C15H23N3O2. The van der Waals surface area contributed by atoms with Crippen molar-refractivity contribution < 1.29 is 9.21 Å². The zero-order chi connectivity index (χ0) is 14.3. The Kier molecular flexibility index (Phi) is 3.54. The second kappa shape index (κ2) is 5.20. The predicted molar refractivity (Wildman–Crippen MR) is 75.6 cm³/mol. The van der Waals surface area contributed by atoms with E-state index in [0.717, 1.165) is 31.8 Å². The van der Waals surface area contributed by atoms with E-state index in [4.69, 9.17) is 4.42 Å². The molecule has 5 heteroatoms. The molecule has 0 unspecified atom stereocenters. The van der Waals surface area contributed by atoms with Gasteiger partial charge in [0, 0.05) is 31.1 Å². The van der Waals surface area contributed by atoms with Crippen molar-refractivity contribution in [2.45, 2.75) is 51.6 Å². The average molecular weight is 277 g/mol. The summed E-state index contributed by atoms with van der Waals surface area (Å²) in [4.78, 5) is 18.9. The van der Waals surface area contributed by atoms with Crippen molar-refractivity contribution in [3.8, 4) is 0 Å². The predicted octanol–water partition coefficient (Wildman–Crippen LogP) is 2.01. The lowest BCUT2D eigenvalue weighted by molar-refractivity contribution is 0.0925. The fourth-order valence-corrected chi connectivity index (χ4v) is 2.77. The van der Waals surface area contributed by atoms with Crippen molar-refractivity contribution in [1.82, 2.24) is 15.2 Å². The number of aromatic nitrogens is 1. The summed E-state index contributed by atoms with van der Waals surface area (Å²) in [6.45, 7) is 8.52. The van der Waals surface area contributed by atoms with Crippen LogP contribution in [0.5, 0.6) is 0 Å². The topological polar surface area (TPSA) is 58.4 Å². The first-order valence-electron chi connectivity index (χ1n) is 7.55. The van der Waals surface area contributed by atoms with Gasteiger partial charge in [-0.1, -0.05) is 6.92 Å². The number of amides is 1. The number of nitrogens with zero attached hydrogens (tertiary/aromatic N) is 2. The number of carbonyl (C=O) groups excluding carboxylic acids is 1. The first-order valence-corrected chi connectivity index (χ1v) is 7.55. The third kappa shape index (κ3) is 2.73. The van der Waals surface area contributed by atoms with E-state index in [0.29, 0.717) is 23.6 Å². The molecule has 3 rings (SSSR count). The zero-order valence-electron chi connectivity index (χ0n) is 12.4. The Balaban J connectivity index is 1.60. The van der Waals surface area contributed by atoms with Crippen LogP contribution in [0.15, 0.2) is 10.7 Å². The molecule has 1 aromatic rings. The second-order valence-corrected chi connectivity index (χ2v) is 6.45. The summed E-state index contributed by atoms with van der Waals surface area (Å²) < 4.78 is 5.38. The van der Waals surface area contributed by atoms with Crippen molar-refractivity contribution in [3.63, 3.8) is 0 Å². The van der Waals surface area contributed by atoms with Crippen LogP contribution in [0.3, 0.4) is 0 Å². The van der Waals surface area contributed by atoms with E-state index >= 15 is 0 Å². The van der Waals surface area contributed by atoms with Gasteiger partial charge in [-0.2, -0.15) is 0 Å². The van der Waals surface area contributed by atoms with Crippen molar-refractivity contribution in [1.29, 1.82) is 0 Å². The van der Waals surface area contributed by atoms with Crippen LogP contribution in [-0.2, 0) is 0 Å². The minimum absolute atomic E-state index is 0.108. The smallest absolute Gasteiger partial charge is 0.273 e. The van der Waals surface area contributed by atoms with Gasteiger partial charge >= 0.3 is 0 Å². The maximum atomic E-state index is 12.2. The Bertz CT molecular complexity index is 493. The van der Waals surface area contributed by atoms with Crippen LogP contribution in [0.2, 0.25) is 0 Å². The summed E-state index contributed by atoms with van der Waals surface area (Å²) in [6.07, 6.45) is 3.75. The molecule has 1 saturated carbocycles. The number of rotatable bonds is 4. The highest BCUT2D eigenvalue weighted by atomic mass is 16.3. The van der Waals surface area contributed by atoms with Gasteiger partial charge in [0.15, 0.2) is 11.6 Å². The van der Waals surface area contributed by atoms with Crippen LogP contribution in [0.1, 0.15) is 55.9 Å². The SMILES string of the molecule is CC(C)N1C[C@H](NC(=O)c2coc(C3CC3)n2)[C@@H](C)C1. The van der Waals surface area contributed by atoms with Crippen LogP contribution in [0.4, 0.5) is 0 Å². The molecule has 0 radical (unpaired) electrons. The number of oxazole rings is 1. The minimum Gasteiger partial charge on any atom is -0.448 e. The first kappa shape index (κ1) is 13.6. The Hall–Kier alpha value is -1.36.